The Bertz CT molecular complexity index is 2140. The van der Waals surface area contributed by atoms with Gasteiger partial charge in [-0.15, -0.1) is 12.6 Å². The molecule has 0 saturated heterocycles. The molecule has 0 heterocycles. The number of thiol groups is 1. The second-order valence-electron chi connectivity index (χ2n) is 13.3. The first-order valence-corrected chi connectivity index (χ1v) is 17.7. The highest BCUT2D eigenvalue weighted by Gasteiger charge is 2.22. The van der Waals surface area contributed by atoms with E-state index in [9.17, 15) is 0 Å². The summed E-state index contributed by atoms with van der Waals surface area (Å²) >= 11 is 4.98. The smallest absolute Gasteiger partial charge is 0.0533 e. The molecule has 0 aromatic heterocycles. The molecule has 1 aliphatic carbocycles. The van der Waals surface area contributed by atoms with Crippen LogP contribution < -0.4 is 4.90 Å². The van der Waals surface area contributed by atoms with Gasteiger partial charge in [-0.1, -0.05) is 121 Å². The van der Waals surface area contributed by atoms with Gasteiger partial charge < -0.3 is 4.90 Å². The lowest BCUT2D eigenvalue weighted by atomic mass is 9.95. The molecule has 0 bridgehead atoms. The van der Waals surface area contributed by atoms with E-state index in [4.69, 9.17) is 12.6 Å². The summed E-state index contributed by atoms with van der Waals surface area (Å²) in [6.07, 6.45) is 9.07. The molecule has 0 saturated carbocycles. The van der Waals surface area contributed by atoms with Gasteiger partial charge in [-0.2, -0.15) is 0 Å². The fraction of sp³-hybridized carbons (Fsp3) is 0.149. The summed E-state index contributed by atoms with van der Waals surface area (Å²) in [4.78, 5) is 3.46. The van der Waals surface area contributed by atoms with Gasteiger partial charge in [-0.05, 0) is 138 Å². The average Bonchev–Trinajstić information content (AvgIpc) is 3.16. The zero-order valence-corrected chi connectivity index (χ0v) is 30.0. The minimum absolute atomic E-state index is 1.05. The van der Waals surface area contributed by atoms with E-state index in [1.807, 2.05) is 0 Å². The minimum Gasteiger partial charge on any atom is -0.310 e. The molecule has 2 heteroatoms. The van der Waals surface area contributed by atoms with Gasteiger partial charge in [0, 0.05) is 16.3 Å². The Morgan fingerprint density at radius 2 is 0.837 bits per heavy atom. The second kappa shape index (κ2) is 13.8. The Kier molecular flexibility index (Phi) is 9.17. The van der Waals surface area contributed by atoms with Crippen molar-refractivity contribution in [3.63, 3.8) is 0 Å². The van der Waals surface area contributed by atoms with Crippen LogP contribution in [0.25, 0.3) is 39.0 Å². The highest BCUT2D eigenvalue weighted by Crippen LogP contribution is 2.44. The van der Waals surface area contributed by atoms with Crippen molar-refractivity contribution in [3.05, 3.63) is 173 Å². The Balaban J connectivity index is 1.19. The lowest BCUT2D eigenvalue weighted by molar-refractivity contribution is 1.04. The normalized spacial score (nSPS) is 12.6. The van der Waals surface area contributed by atoms with Crippen LogP contribution >= 0.6 is 12.6 Å². The molecule has 1 aliphatic rings. The molecule has 0 atom stereocenters. The van der Waals surface area contributed by atoms with E-state index in [0.717, 1.165) is 29.1 Å². The van der Waals surface area contributed by atoms with Crippen molar-refractivity contribution >= 4 is 35.3 Å². The van der Waals surface area contributed by atoms with E-state index >= 15 is 0 Å². The van der Waals surface area contributed by atoms with Crippen molar-refractivity contribution in [1.82, 2.24) is 0 Å². The van der Waals surface area contributed by atoms with Gasteiger partial charge in [0.1, 0.15) is 0 Å². The number of nitrogens with zero attached hydrogens (tertiary/aromatic N) is 1. The molecule has 0 fully saturated rings. The van der Waals surface area contributed by atoms with Crippen LogP contribution in [0.5, 0.6) is 0 Å². The van der Waals surface area contributed by atoms with Crippen LogP contribution in [0.4, 0.5) is 17.1 Å². The zero-order chi connectivity index (χ0) is 34.1. The third-order valence-electron chi connectivity index (χ3n) is 10.2. The summed E-state index contributed by atoms with van der Waals surface area (Å²) in [5.41, 5.74) is 19.6. The van der Waals surface area contributed by atoms with Gasteiger partial charge in [0.25, 0.3) is 0 Å². The fourth-order valence-electron chi connectivity index (χ4n) is 6.94. The molecule has 1 nitrogen and oxygen atoms in total. The lowest BCUT2D eigenvalue weighted by Gasteiger charge is -2.31. The number of hydrogen-bond donors (Lipinski definition) is 1. The molecule has 7 rings (SSSR count). The quantitative estimate of drug-likeness (QED) is 0.168. The van der Waals surface area contributed by atoms with Crippen LogP contribution in [0, 0.1) is 34.6 Å². The number of allylic oxidation sites excluding steroid dienone is 4. The van der Waals surface area contributed by atoms with E-state index < -0.39 is 0 Å². The first-order valence-electron chi connectivity index (χ1n) is 17.2. The van der Waals surface area contributed by atoms with Gasteiger partial charge in [0.15, 0.2) is 0 Å². The summed E-state index contributed by atoms with van der Waals surface area (Å²) < 4.78 is 0. The molecular formula is C47H43NS. The maximum atomic E-state index is 4.98. The number of aryl methyl sites for hydroxylation is 1. The Morgan fingerprint density at radius 1 is 0.429 bits per heavy atom. The maximum absolute atomic E-state index is 4.98. The molecular weight excluding hydrogens is 611 g/mol. The number of hydrogen-bond acceptors (Lipinski definition) is 2. The highest BCUT2D eigenvalue weighted by molar-refractivity contribution is 7.80. The van der Waals surface area contributed by atoms with Crippen molar-refractivity contribution in [2.45, 2.75) is 52.4 Å². The van der Waals surface area contributed by atoms with Crippen LogP contribution in [0.15, 0.2) is 144 Å². The van der Waals surface area contributed by atoms with Crippen molar-refractivity contribution in [3.8, 4) is 33.4 Å². The van der Waals surface area contributed by atoms with Crippen LogP contribution in [0.1, 0.15) is 46.2 Å². The fourth-order valence-corrected chi connectivity index (χ4v) is 7.22. The Morgan fingerprint density at radius 3 is 1.27 bits per heavy atom. The SMILES string of the molecule is Cc1ccc(-c2ccc(-c3ccc(-c4ccc(N(c5ccc(C6=CCCC=C6)cc5)c5c(C)c(C)c(C)c(S)c5C)cc4)cc3)cc2)cc1. The van der Waals surface area contributed by atoms with Crippen molar-refractivity contribution in [2.75, 3.05) is 4.90 Å². The third-order valence-corrected chi connectivity index (χ3v) is 10.8. The molecule has 0 unspecified atom stereocenters. The largest absolute Gasteiger partial charge is 0.310 e. The summed E-state index contributed by atoms with van der Waals surface area (Å²) in [6, 6.07) is 44.5. The number of anilines is 3. The van der Waals surface area contributed by atoms with E-state index in [2.05, 4.69) is 179 Å². The second-order valence-corrected chi connectivity index (χ2v) is 13.7. The number of benzene rings is 6. The standard InChI is InChI=1S/C47H43NS/c1-31-11-13-37(14-12-31)38-15-17-39(18-16-38)40-19-21-41(22-20-40)43-25-29-45(30-26-43)48(46-33(3)32(2)34(4)47(49)35(46)5)44-27-23-42(24-28-44)36-9-7-6-8-10-36/h7,9-30,49H,6,8H2,1-5H3. The molecule has 0 N–H and O–H groups in total. The van der Waals surface area contributed by atoms with Crippen LogP contribution in [0.2, 0.25) is 0 Å². The molecule has 0 amide bonds. The van der Waals surface area contributed by atoms with E-state index in [-0.39, 0.29) is 0 Å². The third kappa shape index (κ3) is 6.54. The van der Waals surface area contributed by atoms with Crippen LogP contribution in [-0.4, -0.2) is 0 Å². The maximum Gasteiger partial charge on any atom is 0.0533 e. The highest BCUT2D eigenvalue weighted by atomic mass is 32.1. The summed E-state index contributed by atoms with van der Waals surface area (Å²) in [6.45, 7) is 10.9. The van der Waals surface area contributed by atoms with Gasteiger partial charge in [0.05, 0.1) is 5.69 Å². The Hall–Kier alpha value is -5.05. The van der Waals surface area contributed by atoms with E-state index in [0.29, 0.717) is 0 Å². The molecule has 242 valence electrons. The van der Waals surface area contributed by atoms with E-state index in [1.165, 1.54) is 78.0 Å². The van der Waals surface area contributed by atoms with Crippen LogP contribution in [0.3, 0.4) is 0 Å². The van der Waals surface area contributed by atoms with Crippen molar-refractivity contribution in [1.29, 1.82) is 0 Å². The van der Waals surface area contributed by atoms with Gasteiger partial charge in [-0.25, -0.2) is 0 Å². The molecule has 0 radical (unpaired) electrons. The van der Waals surface area contributed by atoms with Gasteiger partial charge >= 0.3 is 0 Å². The molecule has 0 spiro atoms. The summed E-state index contributed by atoms with van der Waals surface area (Å²) in [5.74, 6) is 0. The van der Waals surface area contributed by atoms with Crippen molar-refractivity contribution < 1.29 is 0 Å². The molecule has 6 aromatic carbocycles. The summed E-state index contributed by atoms with van der Waals surface area (Å²) in [5, 5.41) is 0. The minimum atomic E-state index is 1.05. The number of rotatable bonds is 7. The summed E-state index contributed by atoms with van der Waals surface area (Å²) in [7, 11) is 0. The lowest BCUT2D eigenvalue weighted by Crippen LogP contribution is -2.14. The molecule has 49 heavy (non-hydrogen) atoms. The molecule has 6 aromatic rings. The predicted molar refractivity (Wildman–Crippen MR) is 215 cm³/mol. The van der Waals surface area contributed by atoms with Gasteiger partial charge in [-0.3, -0.25) is 0 Å². The monoisotopic (exact) mass is 653 g/mol. The Labute approximate surface area is 297 Å². The first-order chi connectivity index (χ1) is 23.8. The van der Waals surface area contributed by atoms with Crippen molar-refractivity contribution in [2.24, 2.45) is 0 Å². The zero-order valence-electron chi connectivity index (χ0n) is 29.1. The molecule has 0 aliphatic heterocycles. The predicted octanol–water partition coefficient (Wildman–Crippen LogP) is 13.7. The van der Waals surface area contributed by atoms with Gasteiger partial charge in [0.2, 0.25) is 0 Å². The van der Waals surface area contributed by atoms with E-state index in [1.54, 1.807) is 0 Å². The topological polar surface area (TPSA) is 3.24 Å². The average molecular weight is 654 g/mol. The van der Waals surface area contributed by atoms with Crippen LogP contribution in [-0.2, 0) is 0 Å². The first kappa shape index (κ1) is 32.5.